The lowest BCUT2D eigenvalue weighted by Gasteiger charge is -2.13. The molecule has 0 saturated heterocycles. The van der Waals surface area contributed by atoms with Crippen LogP contribution in [0.25, 0.3) is 0 Å². The number of phenols is 1. The maximum atomic E-state index is 12.7. The van der Waals surface area contributed by atoms with Crippen LogP contribution in [-0.2, 0) is 21.4 Å². The second-order valence-electron chi connectivity index (χ2n) is 5.94. The zero-order valence-electron chi connectivity index (χ0n) is 15.4. The molecule has 1 aromatic heterocycles. The van der Waals surface area contributed by atoms with Crippen molar-refractivity contribution in [3.8, 4) is 11.5 Å². The molecule has 0 aliphatic carbocycles. The maximum Gasteiger partial charge on any atom is 0.262 e. The number of carbonyl (C=O) groups excluding carboxylic acids is 1. The Bertz CT molecular complexity index is 1100. The van der Waals surface area contributed by atoms with Gasteiger partial charge in [-0.25, -0.2) is 13.4 Å². The molecule has 0 atom stereocenters. The standard InChI is InChI=1S/C18H19N5O5S/c1-28-17-5-3-2-4-14(17)22-29(26,27)13-6-7-16(24)15(10-13)21-18(25)8-9-23-12-19-11-20-23/h2-7,10-12,22,24H,8-9H2,1H3,(H,21,25). The minimum Gasteiger partial charge on any atom is -0.506 e. The van der Waals surface area contributed by atoms with Crippen LogP contribution in [0.2, 0.25) is 0 Å². The summed E-state index contributed by atoms with van der Waals surface area (Å²) in [6.07, 6.45) is 2.90. The van der Waals surface area contributed by atoms with Gasteiger partial charge in [0.2, 0.25) is 5.91 Å². The molecule has 0 unspecified atom stereocenters. The second-order valence-corrected chi connectivity index (χ2v) is 7.62. The van der Waals surface area contributed by atoms with E-state index in [0.717, 1.165) is 0 Å². The summed E-state index contributed by atoms with van der Waals surface area (Å²) in [4.78, 5) is 15.8. The van der Waals surface area contributed by atoms with Crippen LogP contribution < -0.4 is 14.8 Å². The van der Waals surface area contributed by atoms with Gasteiger partial charge in [0.1, 0.15) is 24.2 Å². The summed E-state index contributed by atoms with van der Waals surface area (Å²) in [7, 11) is -2.55. The van der Waals surface area contributed by atoms with Crippen molar-refractivity contribution in [3.63, 3.8) is 0 Å². The molecule has 3 rings (SSSR count). The molecule has 1 heterocycles. The average Bonchev–Trinajstić information content (AvgIpc) is 3.22. The van der Waals surface area contributed by atoms with E-state index in [1.807, 2.05) is 0 Å². The first-order chi connectivity index (χ1) is 13.9. The van der Waals surface area contributed by atoms with Gasteiger partial charge < -0.3 is 15.2 Å². The molecule has 3 aromatic rings. The van der Waals surface area contributed by atoms with E-state index in [4.69, 9.17) is 4.74 Å². The number of para-hydroxylation sites is 2. The Labute approximate surface area is 167 Å². The van der Waals surface area contributed by atoms with Crippen LogP contribution in [0.1, 0.15) is 6.42 Å². The minimum absolute atomic E-state index is 0.0171. The third kappa shape index (κ3) is 5.02. The van der Waals surface area contributed by atoms with Crippen molar-refractivity contribution < 1.29 is 23.1 Å². The number of hydrogen-bond acceptors (Lipinski definition) is 7. The summed E-state index contributed by atoms with van der Waals surface area (Å²) in [6, 6.07) is 10.2. The number of rotatable bonds is 8. The van der Waals surface area contributed by atoms with E-state index in [0.29, 0.717) is 12.3 Å². The Morgan fingerprint density at radius 2 is 2.00 bits per heavy atom. The first kappa shape index (κ1) is 20.1. The third-order valence-electron chi connectivity index (χ3n) is 3.94. The Kier molecular flexibility index (Phi) is 5.98. The average molecular weight is 417 g/mol. The minimum atomic E-state index is -3.98. The molecule has 11 heteroatoms. The highest BCUT2D eigenvalue weighted by atomic mass is 32.2. The fourth-order valence-corrected chi connectivity index (χ4v) is 3.59. The molecule has 10 nitrogen and oxygen atoms in total. The van der Waals surface area contributed by atoms with Gasteiger partial charge >= 0.3 is 0 Å². The predicted molar refractivity (Wildman–Crippen MR) is 105 cm³/mol. The lowest BCUT2D eigenvalue weighted by Crippen LogP contribution is -2.16. The number of phenolic OH excluding ortho intramolecular Hbond substituents is 1. The van der Waals surface area contributed by atoms with E-state index in [9.17, 15) is 18.3 Å². The monoisotopic (exact) mass is 417 g/mol. The Hall–Kier alpha value is -3.60. The number of anilines is 2. The fourth-order valence-electron chi connectivity index (χ4n) is 2.49. The van der Waals surface area contributed by atoms with Crippen LogP contribution in [0.4, 0.5) is 11.4 Å². The van der Waals surface area contributed by atoms with Crippen LogP contribution in [0.3, 0.4) is 0 Å². The number of benzene rings is 2. The molecule has 0 fully saturated rings. The summed E-state index contributed by atoms with van der Waals surface area (Å²) >= 11 is 0. The largest absolute Gasteiger partial charge is 0.506 e. The topological polar surface area (TPSA) is 135 Å². The quantitative estimate of drug-likeness (QED) is 0.476. The lowest BCUT2D eigenvalue weighted by atomic mass is 10.3. The Balaban J connectivity index is 1.75. The van der Waals surface area contributed by atoms with Crippen molar-refractivity contribution in [3.05, 3.63) is 55.1 Å². The first-order valence-corrected chi connectivity index (χ1v) is 9.98. The molecule has 0 aliphatic rings. The molecule has 1 amide bonds. The van der Waals surface area contributed by atoms with E-state index >= 15 is 0 Å². The lowest BCUT2D eigenvalue weighted by molar-refractivity contribution is -0.116. The van der Waals surface area contributed by atoms with Crippen molar-refractivity contribution in [1.29, 1.82) is 0 Å². The number of nitrogens with one attached hydrogen (secondary N) is 2. The summed E-state index contributed by atoms with van der Waals surface area (Å²) in [6.45, 7) is 0.292. The molecule has 3 N–H and O–H groups in total. The summed E-state index contributed by atoms with van der Waals surface area (Å²) in [5.41, 5.74) is 0.248. The van der Waals surface area contributed by atoms with E-state index in [2.05, 4.69) is 20.1 Å². The number of aromatic hydroxyl groups is 1. The van der Waals surface area contributed by atoms with Gasteiger partial charge in [0.15, 0.2) is 0 Å². The Morgan fingerprint density at radius 3 is 2.72 bits per heavy atom. The number of aromatic nitrogens is 3. The number of aryl methyl sites for hydroxylation is 1. The van der Waals surface area contributed by atoms with Crippen LogP contribution in [-0.4, -0.2) is 41.3 Å². The molecular formula is C18H19N5O5S. The molecule has 0 bridgehead atoms. The summed E-state index contributed by atoms with van der Waals surface area (Å²) < 4.78 is 34.5. The van der Waals surface area contributed by atoms with Crippen molar-refractivity contribution in [2.45, 2.75) is 17.9 Å². The molecular weight excluding hydrogens is 398 g/mol. The van der Waals surface area contributed by atoms with E-state index in [1.54, 1.807) is 24.3 Å². The SMILES string of the molecule is COc1ccccc1NS(=O)(=O)c1ccc(O)c(NC(=O)CCn2cncn2)c1. The highest BCUT2D eigenvalue weighted by Crippen LogP contribution is 2.30. The number of carbonyl (C=O) groups is 1. The second kappa shape index (κ2) is 8.61. The number of hydrogen-bond donors (Lipinski definition) is 3. The summed E-state index contributed by atoms with van der Waals surface area (Å²) in [5.74, 6) is -0.310. The maximum absolute atomic E-state index is 12.7. The molecule has 0 radical (unpaired) electrons. The molecule has 152 valence electrons. The van der Waals surface area contributed by atoms with Gasteiger partial charge in [-0.05, 0) is 30.3 Å². The zero-order chi connectivity index (χ0) is 20.9. The fraction of sp³-hybridized carbons (Fsp3) is 0.167. The molecule has 2 aromatic carbocycles. The number of amides is 1. The van der Waals surface area contributed by atoms with E-state index in [-0.39, 0.29) is 28.4 Å². The first-order valence-electron chi connectivity index (χ1n) is 8.50. The van der Waals surface area contributed by atoms with Gasteiger partial charge in [-0.1, -0.05) is 12.1 Å². The van der Waals surface area contributed by atoms with Crippen LogP contribution >= 0.6 is 0 Å². The molecule has 0 aliphatic heterocycles. The number of methoxy groups -OCH3 is 1. The predicted octanol–water partition coefficient (Wildman–Crippen LogP) is 1.82. The zero-order valence-corrected chi connectivity index (χ0v) is 16.3. The van der Waals surface area contributed by atoms with E-state index < -0.39 is 15.9 Å². The van der Waals surface area contributed by atoms with Crippen molar-refractivity contribution in [2.75, 3.05) is 17.1 Å². The smallest absolute Gasteiger partial charge is 0.262 e. The highest BCUT2D eigenvalue weighted by molar-refractivity contribution is 7.92. The molecule has 29 heavy (non-hydrogen) atoms. The van der Waals surface area contributed by atoms with Crippen molar-refractivity contribution in [2.24, 2.45) is 0 Å². The summed E-state index contributed by atoms with van der Waals surface area (Å²) in [5, 5.41) is 16.4. The number of nitrogens with zero attached hydrogens (tertiary/aromatic N) is 3. The molecule has 0 spiro atoms. The van der Waals surface area contributed by atoms with Gasteiger partial charge in [-0.3, -0.25) is 14.2 Å². The number of ether oxygens (including phenoxy) is 1. The van der Waals surface area contributed by atoms with Gasteiger partial charge in [-0.2, -0.15) is 5.10 Å². The number of sulfonamides is 1. The van der Waals surface area contributed by atoms with Gasteiger partial charge in [-0.15, -0.1) is 0 Å². The normalized spacial score (nSPS) is 11.1. The Morgan fingerprint density at radius 1 is 1.21 bits per heavy atom. The van der Waals surface area contributed by atoms with Crippen LogP contribution in [0, 0.1) is 0 Å². The highest BCUT2D eigenvalue weighted by Gasteiger charge is 2.19. The third-order valence-corrected chi connectivity index (χ3v) is 5.30. The van der Waals surface area contributed by atoms with Gasteiger partial charge in [0.25, 0.3) is 10.0 Å². The van der Waals surface area contributed by atoms with Crippen molar-refractivity contribution in [1.82, 2.24) is 14.8 Å². The van der Waals surface area contributed by atoms with Crippen molar-refractivity contribution >= 4 is 27.3 Å². The van der Waals surface area contributed by atoms with Gasteiger partial charge in [0.05, 0.1) is 29.9 Å². The molecule has 0 saturated carbocycles. The van der Waals surface area contributed by atoms with Gasteiger partial charge in [0, 0.05) is 6.42 Å². The van der Waals surface area contributed by atoms with E-state index in [1.165, 1.54) is 42.6 Å². The van der Waals surface area contributed by atoms with Crippen LogP contribution in [0.15, 0.2) is 60.0 Å². The van der Waals surface area contributed by atoms with Crippen LogP contribution in [0.5, 0.6) is 11.5 Å².